The van der Waals surface area contributed by atoms with Gasteiger partial charge in [-0.3, -0.25) is 9.59 Å². The quantitative estimate of drug-likeness (QED) is 0.0600. The third-order valence-corrected chi connectivity index (χ3v) is 15.2. The third kappa shape index (κ3) is 16.8. The zero-order chi connectivity index (χ0) is 48.0. The van der Waals surface area contributed by atoms with Gasteiger partial charge in [-0.2, -0.15) is 0 Å². The zero-order valence-electron chi connectivity index (χ0n) is 38.7. The van der Waals surface area contributed by atoms with Gasteiger partial charge in [-0.1, -0.05) is 129 Å². The first-order valence-corrected chi connectivity index (χ1v) is 25.8. The largest absolute Gasteiger partial charge is 0.507 e. The Hall–Kier alpha value is -3.67. The number of carbonyl (C=O) groups is 3. The standard InChI is InChI=1S/C21H26O3.C18H15Cl3N2S.C12H18N2O3S.Cd/c1-21(2,3)14-10-8-13(9-11-14)12-17-18(22)15-6-4-5-7-16(15)19(23)20(17)24;19-14-3-1-13(2-4-14)11-24-18(10-23-8-7-22-12-23)16-6-5-15(20)9-17(16)21;1-3-4-9-13-12(15)14-18(16,17)11-7-5-10(2)6-8-11;/h4-7,13-14,22H,8-12H2,1-3H3;1-9,12,18H,10-11H2;5-8H,3-4,9H2,1-2H3,(H2,13,14,15);. The second kappa shape index (κ2) is 26.3. The molecule has 10 nitrogen and oxygen atoms in total. The van der Waals surface area contributed by atoms with Gasteiger partial charge in [0.15, 0.2) is 0 Å². The number of aromatic nitrogens is 2. The Balaban J connectivity index is 0.000000221. The molecule has 1 saturated carbocycles. The molecule has 0 saturated heterocycles. The van der Waals surface area contributed by atoms with Gasteiger partial charge in [0.1, 0.15) is 5.76 Å². The number of aliphatic hydroxyl groups is 1. The fourth-order valence-corrected chi connectivity index (χ4v) is 10.7. The van der Waals surface area contributed by atoms with E-state index >= 15 is 0 Å². The summed E-state index contributed by atoms with van der Waals surface area (Å²) in [6.07, 6.45) is 12.2. The van der Waals surface area contributed by atoms with E-state index in [9.17, 15) is 27.9 Å². The van der Waals surface area contributed by atoms with Gasteiger partial charge in [-0.15, -0.1) is 11.8 Å². The summed E-state index contributed by atoms with van der Waals surface area (Å²) in [7, 11) is -3.78. The molecule has 1 unspecified atom stereocenters. The van der Waals surface area contributed by atoms with Crippen LogP contribution in [0.4, 0.5) is 4.79 Å². The molecule has 1 atom stereocenters. The molecule has 0 spiro atoms. The number of ketones is 2. The van der Waals surface area contributed by atoms with Crippen molar-refractivity contribution < 1.29 is 55.2 Å². The van der Waals surface area contributed by atoms with Crippen molar-refractivity contribution in [3.8, 4) is 0 Å². The van der Waals surface area contributed by atoms with E-state index in [4.69, 9.17) is 34.8 Å². The zero-order valence-corrected chi connectivity index (χ0v) is 46.7. The summed E-state index contributed by atoms with van der Waals surface area (Å²) in [4.78, 5) is 40.3. The van der Waals surface area contributed by atoms with E-state index in [1.54, 1.807) is 48.7 Å². The maximum atomic E-state index is 12.4. The van der Waals surface area contributed by atoms with Crippen LogP contribution in [0.25, 0.3) is 5.76 Å². The maximum absolute atomic E-state index is 12.4. The summed E-state index contributed by atoms with van der Waals surface area (Å²) in [6, 6.07) is 26.0. The van der Waals surface area contributed by atoms with Gasteiger partial charge < -0.3 is 15.0 Å². The number of unbranched alkanes of at least 4 members (excludes halogenated alkanes) is 1. The van der Waals surface area contributed by atoms with Crippen molar-refractivity contribution in [3.05, 3.63) is 158 Å². The van der Waals surface area contributed by atoms with E-state index in [2.05, 4.69) is 35.6 Å². The van der Waals surface area contributed by atoms with E-state index in [1.807, 2.05) is 79.3 Å². The molecule has 5 aromatic rings. The van der Waals surface area contributed by atoms with E-state index in [1.165, 1.54) is 17.7 Å². The van der Waals surface area contributed by atoms with Crippen LogP contribution in [0.3, 0.4) is 0 Å². The number of sulfonamides is 1. The van der Waals surface area contributed by atoms with E-state index < -0.39 is 27.6 Å². The molecule has 2 amide bonds. The molecule has 67 heavy (non-hydrogen) atoms. The summed E-state index contributed by atoms with van der Waals surface area (Å²) >= 11 is 20.2. The SMILES string of the molecule is CC(C)(C)C1CCC(CC2=C(O)c3ccccc3C(=O)C2=O)CC1.CCCCNC(=O)NS(=O)(=O)c1ccc(C)cc1.Clc1ccc(CSC(Cn2ccnc2)c2ccc(Cl)cc2Cl)cc1.[Cd]. The molecule has 0 radical (unpaired) electrons. The van der Waals surface area contributed by atoms with Gasteiger partial charge in [0.05, 0.1) is 11.2 Å². The Morgan fingerprint density at radius 3 is 2.13 bits per heavy atom. The van der Waals surface area contributed by atoms with Crippen LogP contribution in [0.2, 0.25) is 15.1 Å². The number of benzene rings is 4. The first kappa shape index (κ1) is 55.9. The van der Waals surface area contributed by atoms with E-state index in [0.29, 0.717) is 57.0 Å². The number of allylic oxidation sites excluding steroid dienone is 1. The Labute approximate surface area is 435 Å². The van der Waals surface area contributed by atoms with Crippen molar-refractivity contribution in [2.75, 3.05) is 6.54 Å². The molecular formula is C51H59CdCl3N4O6S2. The number of halogens is 3. The molecule has 2 aliphatic rings. The summed E-state index contributed by atoms with van der Waals surface area (Å²) in [6.45, 7) is 12.0. The average molecular weight is 1110 g/mol. The number of Topliss-reactive ketones (excluding diaryl/α,β-unsaturated/α-hetero) is 2. The van der Waals surface area contributed by atoms with Crippen molar-refractivity contribution in [2.24, 2.45) is 17.3 Å². The molecule has 1 aromatic heterocycles. The molecule has 0 bridgehead atoms. The minimum Gasteiger partial charge on any atom is -0.507 e. The molecule has 1 heterocycles. The molecular weight excluding hydrogens is 1050 g/mol. The van der Waals surface area contributed by atoms with Gasteiger partial charge in [-0.05, 0) is 110 Å². The summed E-state index contributed by atoms with van der Waals surface area (Å²) in [5.74, 6) is 0.956. The van der Waals surface area contributed by atoms with Crippen LogP contribution in [-0.4, -0.2) is 47.2 Å². The van der Waals surface area contributed by atoms with Crippen LogP contribution in [0.5, 0.6) is 0 Å². The average Bonchev–Trinajstić information content (AvgIpc) is 3.80. The van der Waals surface area contributed by atoms with E-state index in [0.717, 1.165) is 67.0 Å². The van der Waals surface area contributed by atoms with Crippen molar-refractivity contribution in [2.45, 2.75) is 102 Å². The van der Waals surface area contributed by atoms with Crippen molar-refractivity contribution in [1.82, 2.24) is 19.6 Å². The summed E-state index contributed by atoms with van der Waals surface area (Å²) in [5, 5.41) is 15.3. The fourth-order valence-electron chi connectivity index (χ4n) is 7.81. The Morgan fingerprint density at radius 2 is 1.54 bits per heavy atom. The normalized spacial score (nSPS) is 16.3. The number of rotatable bonds is 13. The number of hydrogen-bond acceptors (Lipinski definition) is 8. The Bertz CT molecular complexity index is 2560. The Morgan fingerprint density at radius 1 is 0.896 bits per heavy atom. The number of hydrogen-bond donors (Lipinski definition) is 3. The van der Waals surface area contributed by atoms with Crippen LogP contribution in [0.1, 0.15) is 111 Å². The predicted octanol–water partition coefficient (Wildman–Crippen LogP) is 13.3. The topological polar surface area (TPSA) is 147 Å². The molecule has 4 aromatic carbocycles. The third-order valence-electron chi connectivity index (χ3n) is 11.7. The molecule has 3 N–H and O–H groups in total. The van der Waals surface area contributed by atoms with Crippen LogP contribution < -0.4 is 10.0 Å². The number of thioether (sulfide) groups is 1. The van der Waals surface area contributed by atoms with E-state index in [-0.39, 0.29) is 43.2 Å². The first-order valence-electron chi connectivity index (χ1n) is 22.1. The molecule has 354 valence electrons. The van der Waals surface area contributed by atoms with Gasteiger partial charge in [0, 0.05) is 95.6 Å². The van der Waals surface area contributed by atoms with Gasteiger partial charge in [0.25, 0.3) is 10.0 Å². The number of amides is 2. The van der Waals surface area contributed by atoms with Crippen molar-refractivity contribution >= 4 is 79.9 Å². The number of aliphatic hydroxyl groups excluding tert-OH is 1. The molecule has 0 aliphatic heterocycles. The molecule has 2 aliphatic carbocycles. The van der Waals surface area contributed by atoms with Gasteiger partial charge in [-0.25, -0.2) is 22.9 Å². The van der Waals surface area contributed by atoms with Crippen LogP contribution in [-0.2, 0) is 54.4 Å². The number of imidazole rings is 1. The number of fused-ring (bicyclic) bond motifs is 1. The number of aryl methyl sites for hydroxylation is 1. The minimum absolute atomic E-state index is 0. The van der Waals surface area contributed by atoms with Crippen LogP contribution in [0.15, 0.2) is 120 Å². The fraction of sp³-hybridized carbons (Fsp3) is 0.373. The van der Waals surface area contributed by atoms with Gasteiger partial charge >= 0.3 is 6.03 Å². The monoisotopic (exact) mass is 1110 g/mol. The maximum Gasteiger partial charge on any atom is 0.328 e. The molecule has 1 fully saturated rings. The van der Waals surface area contributed by atoms with Gasteiger partial charge in [0.2, 0.25) is 11.6 Å². The second-order valence-electron chi connectivity index (χ2n) is 17.7. The summed E-state index contributed by atoms with van der Waals surface area (Å²) < 4.78 is 27.7. The van der Waals surface area contributed by atoms with Crippen molar-refractivity contribution in [3.63, 3.8) is 0 Å². The number of carbonyl (C=O) groups excluding carboxylic acids is 3. The number of urea groups is 1. The summed E-state index contributed by atoms with van der Waals surface area (Å²) in [5.41, 5.74) is 4.72. The first-order chi connectivity index (χ1) is 31.4. The van der Waals surface area contributed by atoms with Crippen LogP contribution in [0, 0.1) is 24.2 Å². The minimum atomic E-state index is -3.78. The Kier molecular flexibility index (Phi) is 22.0. The smallest absolute Gasteiger partial charge is 0.328 e. The number of nitrogens with one attached hydrogen (secondary N) is 2. The molecule has 7 rings (SSSR count). The number of nitrogens with zero attached hydrogens (tertiary/aromatic N) is 2. The molecule has 16 heteroatoms. The van der Waals surface area contributed by atoms with Crippen LogP contribution >= 0.6 is 46.6 Å². The predicted molar refractivity (Wildman–Crippen MR) is 269 cm³/mol. The second-order valence-corrected chi connectivity index (χ2v) is 21.9. The van der Waals surface area contributed by atoms with Crippen molar-refractivity contribution in [1.29, 1.82) is 0 Å².